The summed E-state index contributed by atoms with van der Waals surface area (Å²) < 4.78 is 8.38. The van der Waals surface area contributed by atoms with Crippen molar-refractivity contribution in [3.63, 3.8) is 0 Å². The summed E-state index contributed by atoms with van der Waals surface area (Å²) in [6, 6.07) is 3.78. The fourth-order valence-electron chi connectivity index (χ4n) is 3.66. The van der Waals surface area contributed by atoms with Crippen molar-refractivity contribution < 1.29 is 9.94 Å². The molecule has 1 saturated carbocycles. The van der Waals surface area contributed by atoms with Gasteiger partial charge < -0.3 is 20.2 Å². The van der Waals surface area contributed by atoms with E-state index in [1.165, 1.54) is 38.5 Å². The van der Waals surface area contributed by atoms with Crippen molar-refractivity contribution in [2.24, 2.45) is 10.9 Å². The standard InChI is InChI=1S/C15H23N3O2/c16-14(17-19)13-5-4-10-18(13)11-12-6-9-15(20-12)7-2-1-3-8-15/h4-5,10,12,19H,1-3,6-9,11H2,(H2,16,17). The van der Waals surface area contributed by atoms with Crippen molar-refractivity contribution in [1.29, 1.82) is 0 Å². The predicted molar refractivity (Wildman–Crippen MR) is 76.9 cm³/mol. The molecule has 0 radical (unpaired) electrons. The summed E-state index contributed by atoms with van der Waals surface area (Å²) in [5.74, 6) is 0.153. The minimum absolute atomic E-state index is 0.146. The maximum atomic E-state index is 8.81. The van der Waals surface area contributed by atoms with Crippen LogP contribution in [0.2, 0.25) is 0 Å². The summed E-state index contributed by atoms with van der Waals surface area (Å²) in [7, 11) is 0. The van der Waals surface area contributed by atoms with Gasteiger partial charge >= 0.3 is 0 Å². The highest BCUT2D eigenvalue weighted by Crippen LogP contribution is 2.42. The predicted octanol–water partition coefficient (Wildman–Crippen LogP) is 2.46. The first-order valence-corrected chi connectivity index (χ1v) is 7.53. The van der Waals surface area contributed by atoms with E-state index < -0.39 is 0 Å². The smallest absolute Gasteiger partial charge is 0.186 e. The molecule has 1 saturated heterocycles. The largest absolute Gasteiger partial charge is 0.409 e. The van der Waals surface area contributed by atoms with Gasteiger partial charge in [-0.25, -0.2) is 0 Å². The number of nitrogens with two attached hydrogens (primary N) is 1. The summed E-state index contributed by atoms with van der Waals surface area (Å²) in [6.07, 6.45) is 10.8. The number of amidine groups is 1. The number of oxime groups is 1. The fourth-order valence-corrected chi connectivity index (χ4v) is 3.66. The summed E-state index contributed by atoms with van der Waals surface area (Å²) in [5.41, 5.74) is 6.58. The molecule has 5 heteroatoms. The van der Waals surface area contributed by atoms with E-state index in [0.29, 0.717) is 0 Å². The van der Waals surface area contributed by atoms with E-state index in [-0.39, 0.29) is 17.5 Å². The molecule has 2 fully saturated rings. The third kappa shape index (κ3) is 2.54. The van der Waals surface area contributed by atoms with Crippen molar-refractivity contribution in [1.82, 2.24) is 4.57 Å². The number of rotatable bonds is 3. The van der Waals surface area contributed by atoms with Crippen LogP contribution in [0.25, 0.3) is 0 Å². The summed E-state index contributed by atoms with van der Waals surface area (Å²) in [5, 5.41) is 11.9. The van der Waals surface area contributed by atoms with Gasteiger partial charge in [-0.3, -0.25) is 0 Å². The van der Waals surface area contributed by atoms with Crippen LogP contribution in [-0.2, 0) is 11.3 Å². The minimum atomic E-state index is 0.146. The molecule has 3 rings (SSSR count). The van der Waals surface area contributed by atoms with E-state index in [1.54, 1.807) is 0 Å². The van der Waals surface area contributed by atoms with E-state index in [2.05, 4.69) is 5.16 Å². The molecule has 1 aromatic heterocycles. The maximum absolute atomic E-state index is 8.81. The SMILES string of the molecule is N/C(=N/O)c1cccn1CC1CCC2(CCCCC2)O1. The monoisotopic (exact) mass is 277 g/mol. The molecule has 0 amide bonds. The minimum Gasteiger partial charge on any atom is -0.409 e. The van der Waals surface area contributed by atoms with Gasteiger partial charge in [0.2, 0.25) is 0 Å². The Labute approximate surface area is 119 Å². The molecule has 0 bridgehead atoms. The lowest BCUT2D eigenvalue weighted by Crippen LogP contribution is -2.32. The van der Waals surface area contributed by atoms with Crippen molar-refractivity contribution in [2.75, 3.05) is 0 Å². The van der Waals surface area contributed by atoms with E-state index in [4.69, 9.17) is 15.7 Å². The maximum Gasteiger partial charge on any atom is 0.186 e. The topological polar surface area (TPSA) is 72.8 Å². The van der Waals surface area contributed by atoms with Crippen LogP contribution in [0, 0.1) is 0 Å². The van der Waals surface area contributed by atoms with E-state index >= 15 is 0 Å². The van der Waals surface area contributed by atoms with Gasteiger partial charge in [-0.1, -0.05) is 24.4 Å². The Kier molecular flexibility index (Phi) is 3.70. The summed E-state index contributed by atoms with van der Waals surface area (Å²) in [4.78, 5) is 0. The molecule has 5 nitrogen and oxygen atoms in total. The van der Waals surface area contributed by atoms with Crippen LogP contribution in [0.5, 0.6) is 0 Å². The number of aromatic nitrogens is 1. The highest BCUT2D eigenvalue weighted by Gasteiger charge is 2.40. The average molecular weight is 277 g/mol. The van der Waals surface area contributed by atoms with Crippen molar-refractivity contribution >= 4 is 5.84 Å². The second-order valence-electron chi connectivity index (χ2n) is 6.05. The lowest BCUT2D eigenvalue weighted by atomic mass is 9.83. The third-order valence-electron chi connectivity index (χ3n) is 4.70. The highest BCUT2D eigenvalue weighted by molar-refractivity contribution is 5.95. The molecular formula is C15H23N3O2. The van der Waals surface area contributed by atoms with Gasteiger partial charge in [0.25, 0.3) is 0 Å². The number of ether oxygens (including phenoxy) is 1. The fraction of sp³-hybridized carbons (Fsp3) is 0.667. The van der Waals surface area contributed by atoms with Crippen molar-refractivity contribution in [2.45, 2.75) is 63.2 Å². The van der Waals surface area contributed by atoms with Crippen molar-refractivity contribution in [3.05, 3.63) is 24.0 Å². The molecule has 1 atom stereocenters. The number of hydrogen-bond donors (Lipinski definition) is 2. The molecule has 20 heavy (non-hydrogen) atoms. The molecule has 2 aliphatic rings. The molecule has 1 unspecified atom stereocenters. The Morgan fingerprint density at radius 2 is 2.20 bits per heavy atom. The molecule has 1 aromatic rings. The van der Waals surface area contributed by atoms with Gasteiger partial charge in [0, 0.05) is 12.7 Å². The van der Waals surface area contributed by atoms with Crippen LogP contribution in [0.3, 0.4) is 0 Å². The average Bonchev–Trinajstić information content (AvgIpc) is 3.07. The van der Waals surface area contributed by atoms with Gasteiger partial charge in [-0.15, -0.1) is 0 Å². The molecule has 1 spiro atoms. The van der Waals surface area contributed by atoms with Gasteiger partial charge in [0.05, 0.1) is 17.4 Å². The molecular weight excluding hydrogens is 254 g/mol. The first-order valence-electron chi connectivity index (χ1n) is 7.53. The molecule has 0 aromatic carbocycles. The Morgan fingerprint density at radius 1 is 1.40 bits per heavy atom. The Balaban J connectivity index is 1.66. The molecule has 1 aliphatic carbocycles. The zero-order valence-corrected chi connectivity index (χ0v) is 11.8. The van der Waals surface area contributed by atoms with Crippen molar-refractivity contribution in [3.8, 4) is 0 Å². The second kappa shape index (κ2) is 5.48. The number of hydrogen-bond acceptors (Lipinski definition) is 3. The Bertz CT molecular complexity index is 489. The Morgan fingerprint density at radius 3 is 2.95 bits per heavy atom. The van der Waals surface area contributed by atoms with Crippen LogP contribution in [0.4, 0.5) is 0 Å². The van der Waals surface area contributed by atoms with Crippen LogP contribution >= 0.6 is 0 Å². The normalized spacial score (nSPS) is 26.2. The third-order valence-corrected chi connectivity index (χ3v) is 4.70. The van der Waals surface area contributed by atoms with E-state index in [0.717, 1.165) is 18.7 Å². The van der Waals surface area contributed by atoms with Crippen LogP contribution in [-0.4, -0.2) is 27.3 Å². The van der Waals surface area contributed by atoms with Crippen LogP contribution < -0.4 is 5.73 Å². The summed E-state index contributed by atoms with van der Waals surface area (Å²) in [6.45, 7) is 0.778. The first-order chi connectivity index (χ1) is 9.72. The van der Waals surface area contributed by atoms with Gasteiger partial charge in [0.1, 0.15) is 0 Å². The Hall–Kier alpha value is -1.49. The van der Waals surface area contributed by atoms with Crippen LogP contribution in [0.1, 0.15) is 50.6 Å². The zero-order valence-electron chi connectivity index (χ0n) is 11.8. The van der Waals surface area contributed by atoms with E-state index in [9.17, 15) is 0 Å². The highest BCUT2D eigenvalue weighted by atomic mass is 16.5. The molecule has 1 aliphatic heterocycles. The van der Waals surface area contributed by atoms with Gasteiger partial charge in [-0.05, 0) is 37.8 Å². The molecule has 2 heterocycles. The number of nitrogens with zero attached hydrogens (tertiary/aromatic N) is 2. The lowest BCUT2D eigenvalue weighted by Gasteiger charge is -2.33. The molecule has 110 valence electrons. The lowest BCUT2D eigenvalue weighted by molar-refractivity contribution is -0.0679. The zero-order chi connectivity index (χ0) is 14.0. The quantitative estimate of drug-likeness (QED) is 0.386. The summed E-state index contributed by atoms with van der Waals surface area (Å²) >= 11 is 0. The van der Waals surface area contributed by atoms with E-state index in [1.807, 2.05) is 22.9 Å². The molecule has 3 N–H and O–H groups in total. The second-order valence-corrected chi connectivity index (χ2v) is 6.05. The first kappa shape index (κ1) is 13.5. The van der Waals surface area contributed by atoms with Gasteiger partial charge in [0.15, 0.2) is 5.84 Å². The van der Waals surface area contributed by atoms with Gasteiger partial charge in [-0.2, -0.15) is 0 Å². The van der Waals surface area contributed by atoms with Crippen LogP contribution in [0.15, 0.2) is 23.5 Å².